The normalized spacial score (nSPS) is 12.3. The van der Waals surface area contributed by atoms with E-state index in [1.54, 1.807) is 19.6 Å². The number of para-hydroxylation sites is 2. The summed E-state index contributed by atoms with van der Waals surface area (Å²) in [5, 5.41) is 10.4. The highest BCUT2D eigenvalue weighted by atomic mass is 16.5. The van der Waals surface area contributed by atoms with Crippen molar-refractivity contribution in [3.8, 4) is 11.5 Å². The molecule has 0 saturated carbocycles. The third kappa shape index (κ3) is 5.15. The maximum atomic E-state index is 10.4. The highest BCUT2D eigenvalue weighted by Gasteiger charge is 2.16. The van der Waals surface area contributed by atoms with Crippen LogP contribution in [0, 0.1) is 0 Å². The molecule has 138 valence electrons. The second-order valence-corrected chi connectivity index (χ2v) is 5.94. The van der Waals surface area contributed by atoms with Crippen LogP contribution in [0.2, 0.25) is 0 Å². The largest absolute Gasteiger partial charge is 0.493 e. The Morgan fingerprint density at radius 3 is 2.08 bits per heavy atom. The van der Waals surface area contributed by atoms with Crippen molar-refractivity contribution in [3.05, 3.63) is 72.6 Å². The minimum absolute atomic E-state index is 0.160. The molecule has 1 N–H and O–H groups in total. The molecule has 6 nitrogen and oxygen atoms in total. The first-order valence-corrected chi connectivity index (χ1v) is 8.45. The van der Waals surface area contributed by atoms with E-state index in [4.69, 9.17) is 18.3 Å². The monoisotopic (exact) mass is 357 g/mol. The van der Waals surface area contributed by atoms with Gasteiger partial charge in [-0.2, -0.15) is 0 Å². The maximum Gasteiger partial charge on any atom is 0.161 e. The van der Waals surface area contributed by atoms with Gasteiger partial charge in [0.25, 0.3) is 0 Å². The highest BCUT2D eigenvalue weighted by molar-refractivity contribution is 5.39. The number of hydrogen-bond donors (Lipinski definition) is 1. The Balaban J connectivity index is 1.58. The van der Waals surface area contributed by atoms with Crippen molar-refractivity contribution in [1.29, 1.82) is 0 Å². The van der Waals surface area contributed by atoms with Gasteiger partial charge in [-0.05, 0) is 36.4 Å². The van der Waals surface area contributed by atoms with Crippen LogP contribution in [0.5, 0.6) is 11.5 Å². The molecule has 26 heavy (non-hydrogen) atoms. The molecule has 1 atom stereocenters. The van der Waals surface area contributed by atoms with Crippen molar-refractivity contribution >= 4 is 0 Å². The molecule has 0 aliphatic carbocycles. The number of ether oxygens (including phenoxy) is 2. The van der Waals surface area contributed by atoms with Crippen molar-refractivity contribution in [2.24, 2.45) is 0 Å². The first kappa shape index (κ1) is 18.1. The summed E-state index contributed by atoms with van der Waals surface area (Å²) >= 11 is 0. The zero-order chi connectivity index (χ0) is 18.2. The summed E-state index contributed by atoms with van der Waals surface area (Å²) in [5.74, 6) is 2.91. The van der Waals surface area contributed by atoms with Crippen LogP contribution in [0.1, 0.15) is 11.5 Å². The van der Waals surface area contributed by atoms with Gasteiger partial charge in [-0.3, -0.25) is 4.90 Å². The molecule has 0 aliphatic rings. The lowest BCUT2D eigenvalue weighted by Gasteiger charge is -2.23. The summed E-state index contributed by atoms with van der Waals surface area (Å²) in [5.41, 5.74) is 0. The van der Waals surface area contributed by atoms with Crippen molar-refractivity contribution in [2.45, 2.75) is 19.2 Å². The number of hydrogen-bond acceptors (Lipinski definition) is 6. The average Bonchev–Trinajstić information content (AvgIpc) is 3.34. The van der Waals surface area contributed by atoms with Gasteiger partial charge in [-0.15, -0.1) is 0 Å². The van der Waals surface area contributed by atoms with Crippen molar-refractivity contribution < 1.29 is 23.4 Å². The van der Waals surface area contributed by atoms with Crippen LogP contribution in [0.15, 0.2) is 69.9 Å². The molecule has 0 unspecified atom stereocenters. The average molecular weight is 357 g/mol. The van der Waals surface area contributed by atoms with E-state index in [0.717, 1.165) is 11.5 Å². The van der Waals surface area contributed by atoms with E-state index >= 15 is 0 Å². The minimum atomic E-state index is -0.676. The number of rotatable bonds is 10. The number of benzene rings is 1. The van der Waals surface area contributed by atoms with E-state index in [0.29, 0.717) is 31.1 Å². The van der Waals surface area contributed by atoms with E-state index in [1.807, 2.05) is 53.4 Å². The highest BCUT2D eigenvalue weighted by Crippen LogP contribution is 2.25. The molecule has 0 fully saturated rings. The van der Waals surface area contributed by atoms with Crippen LogP contribution in [0.25, 0.3) is 0 Å². The molecule has 0 bridgehead atoms. The van der Waals surface area contributed by atoms with Gasteiger partial charge in [0, 0.05) is 6.54 Å². The van der Waals surface area contributed by atoms with E-state index < -0.39 is 6.10 Å². The summed E-state index contributed by atoms with van der Waals surface area (Å²) in [6.07, 6.45) is 2.60. The van der Waals surface area contributed by atoms with Crippen LogP contribution < -0.4 is 9.47 Å². The number of furan rings is 2. The second-order valence-electron chi connectivity index (χ2n) is 5.94. The number of methoxy groups -OCH3 is 1. The third-order valence-corrected chi connectivity index (χ3v) is 3.89. The first-order valence-electron chi connectivity index (χ1n) is 8.45. The van der Waals surface area contributed by atoms with Crippen LogP contribution >= 0.6 is 0 Å². The number of nitrogens with zero attached hydrogens (tertiary/aromatic N) is 1. The molecule has 3 rings (SSSR count). The van der Waals surface area contributed by atoms with Gasteiger partial charge < -0.3 is 23.4 Å². The molecule has 0 amide bonds. The van der Waals surface area contributed by atoms with Gasteiger partial charge >= 0.3 is 0 Å². The van der Waals surface area contributed by atoms with Crippen LogP contribution in [-0.4, -0.2) is 36.4 Å². The molecular weight excluding hydrogens is 334 g/mol. The first-order chi connectivity index (χ1) is 12.7. The summed E-state index contributed by atoms with van der Waals surface area (Å²) < 4.78 is 21.8. The quantitative estimate of drug-likeness (QED) is 0.600. The molecule has 0 saturated heterocycles. The molecular formula is C20H23NO5. The SMILES string of the molecule is COc1ccccc1OC[C@@H](O)CN(Cc1ccco1)Cc1ccco1. The van der Waals surface area contributed by atoms with Crippen LogP contribution in [-0.2, 0) is 13.1 Å². The fraction of sp³-hybridized carbons (Fsp3) is 0.300. The molecule has 3 aromatic rings. The Kier molecular flexibility index (Phi) is 6.35. The van der Waals surface area contributed by atoms with Gasteiger partial charge in [0.2, 0.25) is 0 Å². The fourth-order valence-electron chi connectivity index (χ4n) is 2.71. The number of aliphatic hydroxyl groups excluding tert-OH is 1. The lowest BCUT2D eigenvalue weighted by Crippen LogP contribution is -2.34. The summed E-state index contributed by atoms with van der Waals surface area (Å²) in [7, 11) is 1.59. The number of aliphatic hydroxyl groups is 1. The van der Waals surface area contributed by atoms with E-state index in [2.05, 4.69) is 0 Å². The zero-order valence-corrected chi connectivity index (χ0v) is 14.7. The van der Waals surface area contributed by atoms with Gasteiger partial charge in [0.05, 0.1) is 32.7 Å². The second kappa shape index (κ2) is 9.12. The summed E-state index contributed by atoms with van der Waals surface area (Å²) in [6.45, 7) is 1.71. The Morgan fingerprint density at radius 1 is 0.923 bits per heavy atom. The fourth-order valence-corrected chi connectivity index (χ4v) is 2.71. The predicted octanol–water partition coefficient (Wildman–Crippen LogP) is 3.32. The van der Waals surface area contributed by atoms with Crippen molar-refractivity contribution in [1.82, 2.24) is 4.90 Å². The van der Waals surface area contributed by atoms with E-state index in [-0.39, 0.29) is 6.61 Å². The Labute approximate surface area is 152 Å². The summed E-state index contributed by atoms with van der Waals surface area (Å²) in [4.78, 5) is 2.05. The molecule has 2 aromatic heterocycles. The molecule has 0 radical (unpaired) electrons. The lowest BCUT2D eigenvalue weighted by atomic mass is 10.3. The Hall–Kier alpha value is -2.70. The van der Waals surface area contributed by atoms with Crippen LogP contribution in [0.4, 0.5) is 0 Å². The van der Waals surface area contributed by atoms with Crippen molar-refractivity contribution in [2.75, 3.05) is 20.3 Å². The topological polar surface area (TPSA) is 68.2 Å². The van der Waals surface area contributed by atoms with Crippen LogP contribution in [0.3, 0.4) is 0 Å². The minimum Gasteiger partial charge on any atom is -0.493 e. The maximum absolute atomic E-state index is 10.4. The standard InChI is InChI=1S/C20H23NO5/c1-23-19-8-2-3-9-20(19)26-15-16(22)12-21(13-17-6-4-10-24-17)14-18-7-5-11-25-18/h2-11,16,22H,12-15H2,1H3/t16-/m0/s1. The molecule has 0 spiro atoms. The predicted molar refractivity (Wildman–Crippen MR) is 96.0 cm³/mol. The molecule has 1 aromatic carbocycles. The molecule has 0 aliphatic heterocycles. The van der Waals surface area contributed by atoms with Gasteiger partial charge in [0.1, 0.15) is 24.2 Å². The van der Waals surface area contributed by atoms with E-state index in [1.165, 1.54) is 0 Å². The summed E-state index contributed by atoms with van der Waals surface area (Å²) in [6, 6.07) is 14.9. The van der Waals surface area contributed by atoms with Gasteiger partial charge in [0.15, 0.2) is 11.5 Å². The third-order valence-electron chi connectivity index (χ3n) is 3.89. The lowest BCUT2D eigenvalue weighted by molar-refractivity contribution is 0.0572. The Bertz CT molecular complexity index is 718. The molecule has 2 heterocycles. The van der Waals surface area contributed by atoms with Crippen molar-refractivity contribution in [3.63, 3.8) is 0 Å². The van der Waals surface area contributed by atoms with Gasteiger partial charge in [-0.25, -0.2) is 0 Å². The van der Waals surface area contributed by atoms with Gasteiger partial charge in [-0.1, -0.05) is 12.1 Å². The Morgan fingerprint density at radius 2 is 1.54 bits per heavy atom. The smallest absolute Gasteiger partial charge is 0.161 e. The van der Waals surface area contributed by atoms with E-state index in [9.17, 15) is 5.11 Å². The zero-order valence-electron chi connectivity index (χ0n) is 14.7. The molecule has 6 heteroatoms.